The van der Waals surface area contributed by atoms with E-state index in [4.69, 9.17) is 20.5 Å². The lowest BCUT2D eigenvalue weighted by molar-refractivity contribution is 0.291. The van der Waals surface area contributed by atoms with Crippen molar-refractivity contribution in [2.24, 2.45) is 0 Å². The lowest BCUT2D eigenvalue weighted by Gasteiger charge is -2.15. The molecular weight excluding hydrogens is 240 g/mol. The van der Waals surface area contributed by atoms with Gasteiger partial charge in [0, 0.05) is 20.1 Å². The fourth-order valence-electron chi connectivity index (χ4n) is 1.75. The Labute approximate surface area is 104 Å². The van der Waals surface area contributed by atoms with Crippen molar-refractivity contribution in [2.75, 3.05) is 20.1 Å². The molecule has 0 heterocycles. The first kappa shape index (κ1) is 13.7. The molecule has 0 radical (unpaired) electrons. The van der Waals surface area contributed by atoms with E-state index in [0.717, 1.165) is 25.1 Å². The highest BCUT2D eigenvalue weighted by molar-refractivity contribution is 6.61. The van der Waals surface area contributed by atoms with Gasteiger partial charge in [-0.15, -0.1) is 11.6 Å². The Hall–Kier alpha value is -0.353. The number of halogens is 1. The Morgan fingerprint density at radius 1 is 1.12 bits per heavy atom. The molecule has 0 aliphatic carbocycles. The molecule has 0 spiro atoms. The summed E-state index contributed by atoms with van der Waals surface area (Å²) >= 11 is 5.68. The number of rotatable bonds is 7. The van der Waals surface area contributed by atoms with E-state index in [1.54, 1.807) is 14.2 Å². The predicted molar refractivity (Wildman–Crippen MR) is 70.9 cm³/mol. The van der Waals surface area contributed by atoms with E-state index in [1.807, 2.05) is 6.07 Å². The standard InChI is InChI=1S/C12H19ClO2Si/c1-14-16(15-2)12-9-4-3-7-11(12)8-5-6-10-13/h3-4,7,9,16H,5-6,8,10H2,1-2H3. The van der Waals surface area contributed by atoms with Crippen LogP contribution >= 0.6 is 11.6 Å². The molecule has 0 aliphatic rings. The molecule has 0 aromatic heterocycles. The molecule has 1 aromatic carbocycles. The van der Waals surface area contributed by atoms with Crippen molar-refractivity contribution in [3.8, 4) is 0 Å². The average Bonchev–Trinajstić information content (AvgIpc) is 2.33. The summed E-state index contributed by atoms with van der Waals surface area (Å²) in [5.74, 6) is 0.734. The van der Waals surface area contributed by atoms with Crippen LogP contribution in [0.1, 0.15) is 18.4 Å². The Bertz CT molecular complexity index is 303. The van der Waals surface area contributed by atoms with Crippen LogP contribution in [0, 0.1) is 0 Å². The van der Waals surface area contributed by atoms with Gasteiger partial charge in [-0.25, -0.2) is 0 Å². The lowest BCUT2D eigenvalue weighted by atomic mass is 10.1. The lowest BCUT2D eigenvalue weighted by Crippen LogP contribution is -2.37. The molecule has 0 fully saturated rings. The van der Waals surface area contributed by atoms with Crippen molar-refractivity contribution in [1.29, 1.82) is 0 Å². The van der Waals surface area contributed by atoms with E-state index in [0.29, 0.717) is 0 Å². The molecule has 1 rings (SSSR count). The highest BCUT2D eigenvalue weighted by Crippen LogP contribution is 2.05. The van der Waals surface area contributed by atoms with Crippen LogP contribution in [0.5, 0.6) is 0 Å². The normalized spacial score (nSPS) is 11.0. The third kappa shape index (κ3) is 3.90. The van der Waals surface area contributed by atoms with Crippen molar-refractivity contribution in [2.45, 2.75) is 19.3 Å². The summed E-state index contributed by atoms with van der Waals surface area (Å²) in [4.78, 5) is 0. The summed E-state index contributed by atoms with van der Waals surface area (Å²) in [6, 6.07) is 8.37. The zero-order chi connectivity index (χ0) is 11.8. The third-order valence-corrected chi connectivity index (χ3v) is 4.76. The van der Waals surface area contributed by atoms with E-state index in [9.17, 15) is 0 Å². The minimum absolute atomic E-state index is 0.734. The van der Waals surface area contributed by atoms with Crippen LogP contribution in [0.4, 0.5) is 0 Å². The van der Waals surface area contributed by atoms with E-state index in [1.165, 1.54) is 10.8 Å². The van der Waals surface area contributed by atoms with Crippen LogP contribution in [-0.4, -0.2) is 29.4 Å². The topological polar surface area (TPSA) is 18.5 Å². The highest BCUT2D eigenvalue weighted by atomic mass is 35.5. The van der Waals surface area contributed by atoms with Crippen LogP contribution in [-0.2, 0) is 15.3 Å². The maximum absolute atomic E-state index is 5.68. The number of alkyl halides is 1. The van der Waals surface area contributed by atoms with Gasteiger partial charge in [0.2, 0.25) is 0 Å². The highest BCUT2D eigenvalue weighted by Gasteiger charge is 2.16. The zero-order valence-corrected chi connectivity index (χ0v) is 11.8. The molecule has 0 atom stereocenters. The van der Waals surface area contributed by atoms with E-state index in [2.05, 4.69) is 18.2 Å². The fraction of sp³-hybridized carbons (Fsp3) is 0.500. The van der Waals surface area contributed by atoms with Gasteiger partial charge in [-0.1, -0.05) is 24.3 Å². The largest absolute Gasteiger partial charge is 0.397 e. The smallest absolute Gasteiger partial charge is 0.355 e. The van der Waals surface area contributed by atoms with Crippen molar-refractivity contribution >= 4 is 26.1 Å². The van der Waals surface area contributed by atoms with Gasteiger partial charge in [0.1, 0.15) is 0 Å². The number of unbranched alkanes of at least 4 members (excludes halogenated alkanes) is 1. The summed E-state index contributed by atoms with van der Waals surface area (Å²) in [7, 11) is 1.76. The molecule has 0 unspecified atom stereocenters. The van der Waals surface area contributed by atoms with Crippen LogP contribution in [0.15, 0.2) is 24.3 Å². The molecule has 0 N–H and O–H groups in total. The molecule has 0 saturated carbocycles. The molecule has 0 bridgehead atoms. The molecular formula is C12H19ClO2Si. The number of hydrogen-bond donors (Lipinski definition) is 0. The molecule has 2 nitrogen and oxygen atoms in total. The third-order valence-electron chi connectivity index (χ3n) is 2.57. The van der Waals surface area contributed by atoms with Gasteiger partial charge in [0.05, 0.1) is 0 Å². The zero-order valence-electron chi connectivity index (χ0n) is 9.91. The maximum atomic E-state index is 5.68. The second kappa shape index (κ2) is 7.85. The molecule has 90 valence electrons. The fourth-order valence-corrected chi connectivity index (χ4v) is 3.45. The number of aryl methyl sites for hydroxylation is 1. The monoisotopic (exact) mass is 258 g/mol. The van der Waals surface area contributed by atoms with Gasteiger partial charge in [0.15, 0.2) is 0 Å². The molecule has 0 amide bonds. The molecule has 0 aliphatic heterocycles. The van der Waals surface area contributed by atoms with Crippen LogP contribution < -0.4 is 5.19 Å². The molecule has 4 heteroatoms. The first-order valence-corrected chi connectivity index (χ1v) is 7.58. The van der Waals surface area contributed by atoms with Gasteiger partial charge in [-0.3, -0.25) is 0 Å². The van der Waals surface area contributed by atoms with Gasteiger partial charge >= 0.3 is 9.28 Å². The van der Waals surface area contributed by atoms with E-state index < -0.39 is 9.28 Å². The Morgan fingerprint density at radius 3 is 2.44 bits per heavy atom. The Balaban J connectivity index is 2.74. The second-order valence-corrected chi connectivity index (χ2v) is 6.25. The summed E-state index contributed by atoms with van der Waals surface area (Å²) in [5, 5.41) is 1.25. The van der Waals surface area contributed by atoms with Crippen molar-refractivity contribution in [3.05, 3.63) is 29.8 Å². The van der Waals surface area contributed by atoms with Gasteiger partial charge in [-0.2, -0.15) is 0 Å². The summed E-state index contributed by atoms with van der Waals surface area (Å²) in [6.45, 7) is 0. The SMILES string of the molecule is CO[SiH](OC)c1ccccc1CCCCCl. The maximum Gasteiger partial charge on any atom is 0.355 e. The molecule has 1 aromatic rings. The van der Waals surface area contributed by atoms with Gasteiger partial charge < -0.3 is 8.85 Å². The van der Waals surface area contributed by atoms with Crippen LogP contribution in [0.3, 0.4) is 0 Å². The first-order chi connectivity index (χ1) is 7.83. The summed E-state index contributed by atoms with van der Waals surface area (Å²) < 4.78 is 10.8. The van der Waals surface area contributed by atoms with Crippen LogP contribution in [0.25, 0.3) is 0 Å². The number of benzene rings is 1. The average molecular weight is 259 g/mol. The first-order valence-electron chi connectivity index (χ1n) is 5.52. The predicted octanol–water partition coefficient (Wildman–Crippen LogP) is 1.97. The summed E-state index contributed by atoms with van der Waals surface area (Å²) in [5.41, 5.74) is 1.34. The summed E-state index contributed by atoms with van der Waals surface area (Å²) in [6.07, 6.45) is 3.23. The van der Waals surface area contributed by atoms with Crippen LogP contribution in [0.2, 0.25) is 0 Å². The number of hydrogen-bond acceptors (Lipinski definition) is 2. The molecule has 0 saturated heterocycles. The minimum atomic E-state index is -1.67. The van der Waals surface area contributed by atoms with E-state index >= 15 is 0 Å². The van der Waals surface area contributed by atoms with Crippen molar-refractivity contribution in [3.63, 3.8) is 0 Å². The minimum Gasteiger partial charge on any atom is -0.397 e. The van der Waals surface area contributed by atoms with Gasteiger partial charge in [-0.05, 0) is 30.0 Å². The van der Waals surface area contributed by atoms with Gasteiger partial charge in [0.25, 0.3) is 0 Å². The van der Waals surface area contributed by atoms with E-state index in [-0.39, 0.29) is 0 Å². The Morgan fingerprint density at radius 2 is 1.81 bits per heavy atom. The molecule has 16 heavy (non-hydrogen) atoms. The quantitative estimate of drug-likeness (QED) is 0.423. The van der Waals surface area contributed by atoms with Crippen molar-refractivity contribution in [1.82, 2.24) is 0 Å². The second-order valence-electron chi connectivity index (χ2n) is 3.65. The Kier molecular flexibility index (Phi) is 6.72. The van der Waals surface area contributed by atoms with Crippen molar-refractivity contribution < 1.29 is 8.85 Å².